The maximum absolute atomic E-state index is 12.4. The molecule has 0 saturated carbocycles. The molecule has 0 aliphatic carbocycles. The lowest BCUT2D eigenvalue weighted by molar-refractivity contribution is 0.525. The third-order valence-corrected chi connectivity index (χ3v) is 3.44. The lowest BCUT2D eigenvalue weighted by Crippen LogP contribution is -2.26. The molecule has 4 nitrogen and oxygen atoms in total. The first-order chi connectivity index (χ1) is 8.27. The summed E-state index contributed by atoms with van der Waals surface area (Å²) in [5, 5.41) is 3.99. The van der Waals surface area contributed by atoms with Gasteiger partial charge in [-0.25, -0.2) is 4.98 Å². The van der Waals surface area contributed by atoms with Crippen molar-refractivity contribution in [1.29, 1.82) is 0 Å². The third-order valence-electron chi connectivity index (χ3n) is 3.44. The number of rotatable bonds is 1. The molecule has 2 aromatic rings. The van der Waals surface area contributed by atoms with Crippen LogP contribution in [-0.2, 0) is 0 Å². The molecule has 17 heavy (non-hydrogen) atoms. The van der Waals surface area contributed by atoms with Crippen LogP contribution in [0.25, 0.3) is 10.9 Å². The Hall–Kier alpha value is -1.68. The number of nitrogens with one attached hydrogen (secondary N) is 1. The van der Waals surface area contributed by atoms with Gasteiger partial charge in [0, 0.05) is 6.54 Å². The van der Waals surface area contributed by atoms with Crippen molar-refractivity contribution in [2.24, 2.45) is 0 Å². The van der Waals surface area contributed by atoms with Crippen LogP contribution in [0, 0.1) is 6.92 Å². The molecule has 88 valence electrons. The summed E-state index contributed by atoms with van der Waals surface area (Å²) < 4.78 is 1.77. The Morgan fingerprint density at radius 3 is 3.12 bits per heavy atom. The summed E-state index contributed by atoms with van der Waals surface area (Å²) in [7, 11) is 0. The van der Waals surface area contributed by atoms with Crippen molar-refractivity contribution in [3.05, 3.63) is 40.4 Å². The average molecular weight is 229 g/mol. The molecule has 0 spiro atoms. The van der Waals surface area contributed by atoms with Crippen molar-refractivity contribution in [2.75, 3.05) is 13.1 Å². The van der Waals surface area contributed by atoms with E-state index >= 15 is 0 Å². The summed E-state index contributed by atoms with van der Waals surface area (Å²) in [5.41, 5.74) is 1.95. The first kappa shape index (κ1) is 10.5. The highest BCUT2D eigenvalue weighted by atomic mass is 16.1. The maximum atomic E-state index is 12.4. The standard InChI is InChI=1S/C13H15N3O/c1-9-3-2-4-11-12(9)15-8-16(13(11)17)10-5-6-14-7-10/h2-4,8,10,14H,5-7H2,1H3. The second-order valence-corrected chi connectivity index (χ2v) is 4.57. The van der Waals surface area contributed by atoms with Gasteiger partial charge in [-0.2, -0.15) is 0 Å². The molecule has 3 rings (SSSR count). The molecular weight excluding hydrogens is 214 g/mol. The van der Waals surface area contributed by atoms with Crippen LogP contribution < -0.4 is 10.9 Å². The summed E-state index contributed by atoms with van der Waals surface area (Å²) >= 11 is 0. The molecule has 1 fully saturated rings. The van der Waals surface area contributed by atoms with Crippen molar-refractivity contribution in [3.63, 3.8) is 0 Å². The van der Waals surface area contributed by atoms with Crippen LogP contribution in [0.3, 0.4) is 0 Å². The molecule has 2 heterocycles. The Morgan fingerprint density at radius 1 is 1.47 bits per heavy atom. The van der Waals surface area contributed by atoms with E-state index in [0.29, 0.717) is 0 Å². The summed E-state index contributed by atoms with van der Waals surface area (Å²) in [6.07, 6.45) is 2.69. The van der Waals surface area contributed by atoms with Gasteiger partial charge >= 0.3 is 0 Å². The van der Waals surface area contributed by atoms with E-state index in [1.165, 1.54) is 0 Å². The van der Waals surface area contributed by atoms with Crippen molar-refractivity contribution in [3.8, 4) is 0 Å². The molecule has 0 amide bonds. The number of hydrogen-bond donors (Lipinski definition) is 1. The Bertz CT molecular complexity index is 612. The minimum Gasteiger partial charge on any atom is -0.315 e. The van der Waals surface area contributed by atoms with Crippen LogP contribution >= 0.6 is 0 Å². The van der Waals surface area contributed by atoms with Crippen LogP contribution in [0.5, 0.6) is 0 Å². The second-order valence-electron chi connectivity index (χ2n) is 4.57. The normalized spacial score (nSPS) is 19.9. The molecule has 0 radical (unpaired) electrons. The number of nitrogens with zero attached hydrogens (tertiary/aromatic N) is 2. The molecule has 1 aliphatic heterocycles. The number of para-hydroxylation sites is 1. The Morgan fingerprint density at radius 2 is 2.35 bits per heavy atom. The SMILES string of the molecule is Cc1cccc2c(=O)n(C3CCNC3)cnc12. The number of aryl methyl sites for hydroxylation is 1. The molecule has 1 aromatic heterocycles. The van der Waals surface area contributed by atoms with Gasteiger partial charge in [0.05, 0.1) is 23.3 Å². The van der Waals surface area contributed by atoms with Crippen LogP contribution in [0.1, 0.15) is 18.0 Å². The van der Waals surface area contributed by atoms with E-state index < -0.39 is 0 Å². The van der Waals surface area contributed by atoms with Gasteiger partial charge in [0.15, 0.2) is 0 Å². The second kappa shape index (κ2) is 3.96. The minimum atomic E-state index is 0.0763. The highest BCUT2D eigenvalue weighted by molar-refractivity contribution is 5.80. The molecule has 1 N–H and O–H groups in total. The maximum Gasteiger partial charge on any atom is 0.261 e. The smallest absolute Gasteiger partial charge is 0.261 e. The van der Waals surface area contributed by atoms with Crippen molar-refractivity contribution < 1.29 is 0 Å². The summed E-state index contributed by atoms with van der Waals surface area (Å²) in [6.45, 7) is 3.82. The summed E-state index contributed by atoms with van der Waals surface area (Å²) in [6, 6.07) is 6.00. The zero-order valence-corrected chi connectivity index (χ0v) is 9.81. The van der Waals surface area contributed by atoms with Gasteiger partial charge in [0.1, 0.15) is 0 Å². The fraction of sp³-hybridized carbons (Fsp3) is 0.385. The summed E-state index contributed by atoms with van der Waals surface area (Å²) in [4.78, 5) is 16.8. The highest BCUT2D eigenvalue weighted by Crippen LogP contribution is 2.16. The predicted octanol–water partition coefficient (Wildman–Crippen LogP) is 1.24. The Kier molecular flexibility index (Phi) is 2.44. The fourth-order valence-corrected chi connectivity index (χ4v) is 2.45. The lowest BCUT2D eigenvalue weighted by Gasteiger charge is -2.13. The van der Waals surface area contributed by atoms with Crippen molar-refractivity contribution in [1.82, 2.24) is 14.9 Å². The van der Waals surface area contributed by atoms with Gasteiger partial charge < -0.3 is 5.32 Å². The minimum absolute atomic E-state index is 0.0763. The highest BCUT2D eigenvalue weighted by Gasteiger charge is 2.18. The van der Waals surface area contributed by atoms with Gasteiger partial charge in [-0.05, 0) is 31.5 Å². The number of hydrogen-bond acceptors (Lipinski definition) is 3. The van der Waals surface area contributed by atoms with E-state index in [1.54, 1.807) is 10.9 Å². The van der Waals surface area contributed by atoms with E-state index in [0.717, 1.165) is 36.0 Å². The lowest BCUT2D eigenvalue weighted by atomic mass is 10.1. The van der Waals surface area contributed by atoms with Crippen LogP contribution in [0.15, 0.2) is 29.3 Å². The van der Waals surface area contributed by atoms with Gasteiger partial charge in [-0.15, -0.1) is 0 Å². The van der Waals surface area contributed by atoms with Crippen molar-refractivity contribution >= 4 is 10.9 Å². The molecular formula is C13H15N3O. The van der Waals surface area contributed by atoms with E-state index in [-0.39, 0.29) is 11.6 Å². The van der Waals surface area contributed by atoms with Crippen LogP contribution in [0.4, 0.5) is 0 Å². The van der Waals surface area contributed by atoms with Gasteiger partial charge in [0.2, 0.25) is 0 Å². The fourth-order valence-electron chi connectivity index (χ4n) is 2.45. The Labute approximate surface area is 99.3 Å². The monoisotopic (exact) mass is 229 g/mol. The molecule has 1 saturated heterocycles. The largest absolute Gasteiger partial charge is 0.315 e. The Balaban J connectivity index is 2.22. The van der Waals surface area contributed by atoms with Gasteiger partial charge in [0.25, 0.3) is 5.56 Å². The molecule has 4 heteroatoms. The van der Waals surface area contributed by atoms with E-state index in [1.807, 2.05) is 25.1 Å². The van der Waals surface area contributed by atoms with Crippen LogP contribution in [-0.4, -0.2) is 22.6 Å². The average Bonchev–Trinajstić information content (AvgIpc) is 2.84. The van der Waals surface area contributed by atoms with Gasteiger partial charge in [-0.3, -0.25) is 9.36 Å². The predicted molar refractivity (Wildman–Crippen MR) is 67.3 cm³/mol. The van der Waals surface area contributed by atoms with Crippen LogP contribution in [0.2, 0.25) is 0 Å². The number of fused-ring (bicyclic) bond motifs is 1. The topological polar surface area (TPSA) is 46.9 Å². The molecule has 0 bridgehead atoms. The quantitative estimate of drug-likeness (QED) is 0.800. The van der Waals surface area contributed by atoms with Gasteiger partial charge in [-0.1, -0.05) is 12.1 Å². The molecule has 1 unspecified atom stereocenters. The zero-order valence-electron chi connectivity index (χ0n) is 9.81. The van der Waals surface area contributed by atoms with E-state index in [9.17, 15) is 4.79 Å². The summed E-state index contributed by atoms with van der Waals surface area (Å²) in [5.74, 6) is 0. The number of benzene rings is 1. The third kappa shape index (κ3) is 1.65. The molecule has 1 atom stereocenters. The zero-order chi connectivity index (χ0) is 11.8. The first-order valence-electron chi connectivity index (χ1n) is 5.94. The van der Waals surface area contributed by atoms with E-state index in [4.69, 9.17) is 0 Å². The molecule has 1 aliphatic rings. The molecule has 1 aromatic carbocycles. The number of aromatic nitrogens is 2. The first-order valence-corrected chi connectivity index (χ1v) is 5.94. The van der Waals surface area contributed by atoms with Crippen molar-refractivity contribution in [2.45, 2.75) is 19.4 Å². The van der Waals surface area contributed by atoms with E-state index in [2.05, 4.69) is 10.3 Å².